The van der Waals surface area contributed by atoms with Crippen molar-refractivity contribution in [1.82, 2.24) is 0 Å². The number of ether oxygens (including phenoxy) is 11. The second-order valence-electron chi connectivity index (χ2n) is 11.3. The summed E-state index contributed by atoms with van der Waals surface area (Å²) < 4.78 is 65.9. The highest BCUT2D eigenvalue weighted by molar-refractivity contribution is 5.88. The first-order chi connectivity index (χ1) is 18.3. The molecule has 0 aromatic carbocycles. The molecule has 0 aromatic heterocycles. The van der Waals surface area contributed by atoms with E-state index in [9.17, 15) is 4.79 Å². The minimum Gasteiger partial charge on any atom is -0.349 e. The average Bonchev–Trinajstić information content (AvgIpc) is 3.50. The number of Topliss-reactive ketones (excluding diaryl/α,β-unsaturated/α-hetero) is 1. The molecular formula is C24H37N3O12. The second-order valence-corrected chi connectivity index (χ2v) is 11.3. The van der Waals surface area contributed by atoms with E-state index in [0.717, 1.165) is 0 Å². The van der Waals surface area contributed by atoms with Crippen LogP contribution in [-0.4, -0.2) is 112 Å². The lowest BCUT2D eigenvalue weighted by Gasteiger charge is -2.54. The van der Waals surface area contributed by atoms with E-state index in [1.165, 1.54) is 14.2 Å². The Kier molecular flexibility index (Phi) is 7.54. The molecular weight excluding hydrogens is 522 g/mol. The summed E-state index contributed by atoms with van der Waals surface area (Å²) in [7, 11) is 2.85. The number of hydrogen-bond donors (Lipinski definition) is 0. The van der Waals surface area contributed by atoms with Crippen LogP contribution in [0, 0.1) is 0 Å². The molecule has 15 nitrogen and oxygen atoms in total. The van der Waals surface area contributed by atoms with Gasteiger partial charge in [-0.1, -0.05) is 5.11 Å². The zero-order valence-electron chi connectivity index (χ0n) is 23.4. The minimum atomic E-state index is -1.46. The fourth-order valence-corrected chi connectivity index (χ4v) is 5.58. The largest absolute Gasteiger partial charge is 0.349 e. The van der Waals surface area contributed by atoms with Gasteiger partial charge in [0.25, 0.3) is 0 Å². The molecule has 5 aliphatic heterocycles. The molecule has 0 aliphatic carbocycles. The van der Waals surface area contributed by atoms with Crippen molar-refractivity contribution < 1.29 is 56.9 Å². The van der Waals surface area contributed by atoms with Crippen LogP contribution in [0.25, 0.3) is 10.4 Å². The standard InChI is InChI=1S/C24H37N3O12/c1-21(2)31-10-12(35-21)14-17(18-20(33-14)39-22(3,4)36-18)34-19-13(28)16-15(11(32-19)9-26-27-25)37-23(5,29-7)24(6,30-8)38-16/h11-12,14-20H,9-10H2,1-8H3/t11-,12-,14-,15-,16-,17+,18-,19-,20-,23+,24+/m1/s1. The summed E-state index contributed by atoms with van der Waals surface area (Å²) in [5, 5.41) is 3.65. The first-order valence-corrected chi connectivity index (χ1v) is 12.9. The molecule has 0 saturated carbocycles. The fourth-order valence-electron chi connectivity index (χ4n) is 5.58. The van der Waals surface area contributed by atoms with Crippen molar-refractivity contribution in [1.29, 1.82) is 0 Å². The van der Waals surface area contributed by atoms with Gasteiger partial charge in [0.05, 0.1) is 19.3 Å². The van der Waals surface area contributed by atoms with E-state index >= 15 is 0 Å². The molecule has 0 N–H and O–H groups in total. The number of methoxy groups -OCH3 is 2. The van der Waals surface area contributed by atoms with Crippen molar-refractivity contribution in [2.45, 2.75) is 120 Å². The highest BCUT2D eigenvalue weighted by atomic mass is 16.9. The summed E-state index contributed by atoms with van der Waals surface area (Å²) in [5.41, 5.74) is 8.98. The molecule has 5 fully saturated rings. The number of hydrogen-bond acceptors (Lipinski definition) is 13. The number of nitrogens with zero attached hydrogens (tertiary/aromatic N) is 3. The van der Waals surface area contributed by atoms with Gasteiger partial charge in [-0.2, -0.15) is 0 Å². The summed E-state index contributed by atoms with van der Waals surface area (Å²) in [6, 6.07) is 0. The zero-order valence-corrected chi connectivity index (χ0v) is 23.4. The molecule has 5 rings (SSSR count). The third-order valence-electron chi connectivity index (χ3n) is 7.82. The van der Waals surface area contributed by atoms with Crippen molar-refractivity contribution in [2.24, 2.45) is 5.11 Å². The third kappa shape index (κ3) is 5.09. The van der Waals surface area contributed by atoms with Crippen LogP contribution in [0.1, 0.15) is 41.5 Å². The molecule has 5 aliphatic rings. The molecule has 11 atom stereocenters. The Labute approximate surface area is 226 Å². The smallest absolute Gasteiger partial charge is 0.221 e. The Morgan fingerprint density at radius 3 is 2.21 bits per heavy atom. The highest BCUT2D eigenvalue weighted by Crippen LogP contribution is 2.45. The van der Waals surface area contributed by atoms with Gasteiger partial charge in [-0.25, -0.2) is 0 Å². The summed E-state index contributed by atoms with van der Waals surface area (Å²) >= 11 is 0. The number of carbonyl (C=O) groups excluding carboxylic acids is 1. The van der Waals surface area contributed by atoms with Crippen molar-refractivity contribution in [2.75, 3.05) is 27.4 Å². The monoisotopic (exact) mass is 559 g/mol. The normalized spacial score (nSPS) is 48.4. The first-order valence-electron chi connectivity index (χ1n) is 12.9. The van der Waals surface area contributed by atoms with Gasteiger partial charge in [-0.05, 0) is 47.1 Å². The Hall–Kier alpha value is -1.46. The van der Waals surface area contributed by atoms with Crippen LogP contribution < -0.4 is 0 Å². The van der Waals surface area contributed by atoms with E-state index in [4.69, 9.17) is 57.6 Å². The lowest BCUT2D eigenvalue weighted by Crippen LogP contribution is -2.72. The molecule has 0 amide bonds. The van der Waals surface area contributed by atoms with Gasteiger partial charge in [0.1, 0.15) is 30.5 Å². The molecule has 0 aromatic rings. The van der Waals surface area contributed by atoms with Gasteiger partial charge < -0.3 is 52.1 Å². The van der Waals surface area contributed by atoms with Gasteiger partial charge in [0, 0.05) is 19.1 Å². The van der Waals surface area contributed by atoms with Gasteiger partial charge in [0.15, 0.2) is 24.0 Å². The predicted octanol–water partition coefficient (Wildman–Crippen LogP) is 1.51. The maximum atomic E-state index is 13.8. The van der Waals surface area contributed by atoms with Crippen LogP contribution in [0.4, 0.5) is 0 Å². The molecule has 5 saturated heterocycles. The molecule has 0 bridgehead atoms. The van der Waals surface area contributed by atoms with Gasteiger partial charge in [-0.15, -0.1) is 0 Å². The van der Waals surface area contributed by atoms with E-state index in [1.807, 2.05) is 0 Å². The van der Waals surface area contributed by atoms with Crippen molar-refractivity contribution in [3.8, 4) is 0 Å². The van der Waals surface area contributed by atoms with Gasteiger partial charge in [-0.3, -0.25) is 4.79 Å². The van der Waals surface area contributed by atoms with Crippen LogP contribution in [0.3, 0.4) is 0 Å². The van der Waals surface area contributed by atoms with E-state index in [0.29, 0.717) is 0 Å². The van der Waals surface area contributed by atoms with E-state index in [2.05, 4.69) is 10.0 Å². The summed E-state index contributed by atoms with van der Waals surface area (Å²) in [6.07, 6.45) is -8.04. The average molecular weight is 560 g/mol. The molecule has 39 heavy (non-hydrogen) atoms. The highest BCUT2D eigenvalue weighted by Gasteiger charge is 2.64. The van der Waals surface area contributed by atoms with Crippen molar-refractivity contribution in [3.63, 3.8) is 0 Å². The van der Waals surface area contributed by atoms with Gasteiger partial charge >= 0.3 is 0 Å². The number of azide groups is 1. The minimum absolute atomic E-state index is 0.158. The van der Waals surface area contributed by atoms with E-state index in [1.54, 1.807) is 41.5 Å². The Balaban J connectivity index is 1.43. The van der Waals surface area contributed by atoms with Gasteiger partial charge in [0.2, 0.25) is 23.6 Å². The van der Waals surface area contributed by atoms with Crippen molar-refractivity contribution in [3.05, 3.63) is 10.4 Å². The molecule has 0 unspecified atom stereocenters. The SMILES string of the molecule is CO[C@@]1(C)O[C@H]2[C@H](O[C@]1(C)OC)C(=O)[C@@H](O[C@@H]1[C@H]3OC(C)(C)O[C@H]3O[C@@H]1[C@H]1COC(C)(C)O1)O[C@@H]2CN=[N+]=[N-]. The molecule has 0 radical (unpaired) electrons. The molecule has 5 heterocycles. The summed E-state index contributed by atoms with van der Waals surface area (Å²) in [5.74, 6) is -5.18. The molecule has 15 heteroatoms. The topological polar surface area (TPSA) is 167 Å². The van der Waals surface area contributed by atoms with Crippen LogP contribution in [0.2, 0.25) is 0 Å². The lowest BCUT2D eigenvalue weighted by atomic mass is 9.94. The summed E-state index contributed by atoms with van der Waals surface area (Å²) in [4.78, 5) is 16.6. The maximum absolute atomic E-state index is 13.8. The second kappa shape index (κ2) is 10.1. The Morgan fingerprint density at radius 1 is 0.897 bits per heavy atom. The van der Waals surface area contributed by atoms with Crippen LogP contribution in [0.15, 0.2) is 5.11 Å². The fraction of sp³-hybridized carbons (Fsp3) is 0.958. The number of carbonyl (C=O) groups is 1. The third-order valence-corrected chi connectivity index (χ3v) is 7.82. The van der Waals surface area contributed by atoms with Crippen LogP contribution >= 0.6 is 0 Å². The Bertz CT molecular complexity index is 1010. The van der Waals surface area contributed by atoms with Crippen LogP contribution in [0.5, 0.6) is 0 Å². The molecule has 0 spiro atoms. The number of fused-ring (bicyclic) bond motifs is 2. The lowest BCUT2D eigenvalue weighted by molar-refractivity contribution is -0.456. The van der Waals surface area contributed by atoms with E-state index < -0.39 is 84.2 Å². The summed E-state index contributed by atoms with van der Waals surface area (Å²) in [6.45, 7) is 10.4. The maximum Gasteiger partial charge on any atom is 0.221 e. The molecule has 220 valence electrons. The quantitative estimate of drug-likeness (QED) is 0.251. The zero-order chi connectivity index (χ0) is 28.4. The van der Waals surface area contributed by atoms with Crippen LogP contribution in [-0.2, 0) is 56.9 Å². The number of rotatable bonds is 7. The van der Waals surface area contributed by atoms with Crippen molar-refractivity contribution >= 4 is 5.78 Å². The predicted molar refractivity (Wildman–Crippen MR) is 127 cm³/mol. The Morgan fingerprint density at radius 2 is 1.59 bits per heavy atom. The van der Waals surface area contributed by atoms with E-state index in [-0.39, 0.29) is 13.2 Å². The first kappa shape index (κ1) is 29.0. The number of ketones is 1.